The van der Waals surface area contributed by atoms with Gasteiger partial charge in [-0.25, -0.2) is 19.6 Å². The molecule has 0 saturated carbocycles. The Labute approximate surface area is 436 Å². The van der Waals surface area contributed by atoms with Crippen molar-refractivity contribution in [3.8, 4) is 11.5 Å². The number of carbonyl (C=O) groups is 4. The van der Waals surface area contributed by atoms with Crippen molar-refractivity contribution in [3.05, 3.63) is 227 Å². The molecule has 2 saturated heterocycles. The summed E-state index contributed by atoms with van der Waals surface area (Å²) >= 11 is 0. The second-order valence-electron chi connectivity index (χ2n) is 17.6. The molecular weight excluding hydrogens is 977 g/mol. The van der Waals surface area contributed by atoms with Crippen molar-refractivity contribution in [2.24, 2.45) is 9.98 Å². The van der Waals surface area contributed by atoms with Crippen molar-refractivity contribution < 1.29 is 47.6 Å². The SMILES string of the molecule is C/C(CSSC/C(C)=C(/C(=O)OC(c1ccccc1)c1ccccc1)N1C(=O)[C@H]2N=C(COc3ccccc3)O[C@H]21)=C(\C(=O)OC(c1ccccc1)c1ccccc1)N1C(=O)[C@H]2N=C(COc3ccccc3)O[C@H]21. The molecule has 2 fully saturated rings. The molecule has 6 aromatic carbocycles. The van der Waals surface area contributed by atoms with E-state index in [1.54, 1.807) is 13.8 Å². The predicted octanol–water partition coefficient (Wildman–Crippen LogP) is 9.67. The van der Waals surface area contributed by atoms with Crippen LogP contribution in [-0.4, -0.2) is 94.6 Å². The van der Waals surface area contributed by atoms with E-state index < -0.39 is 60.5 Å². The second-order valence-corrected chi connectivity index (χ2v) is 20.0. The lowest BCUT2D eigenvalue weighted by Gasteiger charge is -2.41. The summed E-state index contributed by atoms with van der Waals surface area (Å²) in [5.41, 5.74) is 4.13. The summed E-state index contributed by atoms with van der Waals surface area (Å²) in [6.45, 7) is 3.53. The molecule has 74 heavy (non-hydrogen) atoms. The first kappa shape index (κ1) is 49.5. The second kappa shape index (κ2) is 22.8. The zero-order chi connectivity index (χ0) is 51.0. The van der Waals surface area contributed by atoms with Gasteiger partial charge in [-0.3, -0.25) is 19.4 Å². The van der Waals surface area contributed by atoms with Crippen LogP contribution in [-0.2, 0) is 38.1 Å². The molecule has 6 aromatic rings. The van der Waals surface area contributed by atoms with Gasteiger partial charge in [0.15, 0.2) is 37.5 Å². The number of hydrogen-bond acceptors (Lipinski definition) is 14. The molecule has 4 aliphatic rings. The number of ether oxygens (including phenoxy) is 6. The van der Waals surface area contributed by atoms with Gasteiger partial charge in [-0.05, 0) is 71.5 Å². The van der Waals surface area contributed by atoms with Crippen molar-refractivity contribution >= 4 is 57.1 Å². The fourth-order valence-corrected chi connectivity index (χ4v) is 11.2. The number of likely N-dealkylation sites (tertiary alicyclic amines) is 2. The molecule has 374 valence electrons. The number of rotatable bonds is 21. The minimum atomic E-state index is -0.890. The molecule has 4 aliphatic heterocycles. The molecule has 4 heterocycles. The van der Waals surface area contributed by atoms with E-state index in [9.17, 15) is 19.2 Å². The average molecular weight is 1030 g/mol. The summed E-state index contributed by atoms with van der Waals surface area (Å²) < 4.78 is 36.9. The first-order valence-electron chi connectivity index (χ1n) is 24.0. The van der Waals surface area contributed by atoms with Gasteiger partial charge in [0.25, 0.3) is 11.8 Å². The number of para-hydroxylation sites is 2. The highest BCUT2D eigenvalue weighted by Gasteiger charge is 2.58. The molecular formula is C58H50N4O10S2. The van der Waals surface area contributed by atoms with Crippen molar-refractivity contribution in [1.82, 2.24) is 9.80 Å². The van der Waals surface area contributed by atoms with Gasteiger partial charge in [0.1, 0.15) is 22.9 Å². The fraction of sp³-hybridized carbons (Fsp3) is 0.207. The van der Waals surface area contributed by atoms with Gasteiger partial charge in [0, 0.05) is 11.5 Å². The van der Waals surface area contributed by atoms with E-state index in [0.29, 0.717) is 22.6 Å². The maximum Gasteiger partial charge on any atom is 0.356 e. The number of benzene rings is 6. The van der Waals surface area contributed by atoms with E-state index in [4.69, 9.17) is 28.4 Å². The molecule has 0 unspecified atom stereocenters. The molecule has 10 rings (SSSR count). The molecule has 0 aliphatic carbocycles. The molecule has 0 N–H and O–H groups in total. The number of hydrogen-bond donors (Lipinski definition) is 0. The zero-order valence-electron chi connectivity index (χ0n) is 40.3. The molecule has 2 amide bonds. The van der Waals surface area contributed by atoms with E-state index in [0.717, 1.165) is 22.3 Å². The van der Waals surface area contributed by atoms with Crippen LogP contribution in [0.15, 0.2) is 215 Å². The van der Waals surface area contributed by atoms with Crippen LogP contribution in [0.5, 0.6) is 11.5 Å². The quantitative estimate of drug-likeness (QED) is 0.0222. The number of amides is 2. The van der Waals surface area contributed by atoms with Crippen LogP contribution in [0.4, 0.5) is 0 Å². The number of β-lactam (4-membered cyclic amide) rings is 2. The number of aliphatic imine (C=N–C) groups is 2. The molecule has 0 bridgehead atoms. The average Bonchev–Trinajstić information content (AvgIpc) is 4.03. The summed E-state index contributed by atoms with van der Waals surface area (Å²) in [7, 11) is 2.79. The van der Waals surface area contributed by atoms with Crippen LogP contribution in [0, 0.1) is 0 Å². The van der Waals surface area contributed by atoms with E-state index >= 15 is 0 Å². The minimum Gasteiger partial charge on any atom is -0.484 e. The Bertz CT molecular complexity index is 2820. The molecule has 16 heteroatoms. The van der Waals surface area contributed by atoms with Gasteiger partial charge in [-0.1, -0.05) is 179 Å². The summed E-state index contributed by atoms with van der Waals surface area (Å²) in [4.78, 5) is 69.2. The van der Waals surface area contributed by atoms with Gasteiger partial charge in [0.05, 0.1) is 0 Å². The topological polar surface area (TPSA) is 155 Å². The minimum absolute atomic E-state index is 0.00777. The lowest BCUT2D eigenvalue weighted by molar-refractivity contribution is -0.165. The fourth-order valence-electron chi connectivity index (χ4n) is 8.81. The number of nitrogens with zero attached hydrogens (tertiary/aromatic N) is 4. The monoisotopic (exact) mass is 1030 g/mol. The van der Waals surface area contributed by atoms with Crippen LogP contribution in [0.1, 0.15) is 48.3 Å². The number of carbonyl (C=O) groups excluding carboxylic acids is 4. The van der Waals surface area contributed by atoms with Gasteiger partial charge in [-0.2, -0.15) is 0 Å². The lowest BCUT2D eigenvalue weighted by Crippen LogP contribution is -2.63. The van der Waals surface area contributed by atoms with Crippen molar-refractivity contribution in [2.75, 3.05) is 24.7 Å². The van der Waals surface area contributed by atoms with Crippen LogP contribution >= 0.6 is 21.6 Å². The van der Waals surface area contributed by atoms with Gasteiger partial charge >= 0.3 is 11.9 Å². The van der Waals surface area contributed by atoms with E-state index in [1.807, 2.05) is 182 Å². The van der Waals surface area contributed by atoms with Crippen LogP contribution in [0.3, 0.4) is 0 Å². The van der Waals surface area contributed by atoms with Gasteiger partial charge < -0.3 is 28.4 Å². The third-order valence-electron chi connectivity index (χ3n) is 12.5. The summed E-state index contributed by atoms with van der Waals surface area (Å²) in [6.07, 6.45) is -3.37. The largest absolute Gasteiger partial charge is 0.484 e. The smallest absolute Gasteiger partial charge is 0.356 e. The highest BCUT2D eigenvalue weighted by Crippen LogP contribution is 2.41. The highest BCUT2D eigenvalue weighted by molar-refractivity contribution is 8.76. The third-order valence-corrected chi connectivity index (χ3v) is 15.0. The van der Waals surface area contributed by atoms with Crippen molar-refractivity contribution in [1.29, 1.82) is 0 Å². The maximum atomic E-state index is 14.7. The van der Waals surface area contributed by atoms with Crippen LogP contribution in [0.2, 0.25) is 0 Å². The zero-order valence-corrected chi connectivity index (χ0v) is 41.9. The Balaban J connectivity index is 0.900. The first-order chi connectivity index (χ1) is 36.2. The van der Waals surface area contributed by atoms with Crippen molar-refractivity contribution in [3.63, 3.8) is 0 Å². The summed E-state index contributed by atoms with van der Waals surface area (Å²) in [5, 5.41) is 0. The molecule has 4 atom stereocenters. The molecule has 14 nitrogen and oxygen atoms in total. The van der Waals surface area contributed by atoms with Gasteiger partial charge in [-0.15, -0.1) is 0 Å². The third kappa shape index (κ3) is 10.8. The maximum absolute atomic E-state index is 14.7. The normalized spacial score (nSPS) is 19.1. The standard InChI is InChI=1S/C58H50N4O10S2/c1-37(49(57(65)71-51(39-21-9-3-10-22-39)40-23-11-4-12-24-40)61-53(63)47-55(61)69-45(59-47)33-67-43-29-17-7-18-30-43)35-73-74-36-38(2)50(58(66)72-52(41-25-13-5-14-26-41)42-27-15-6-16-28-42)62-54(64)48-56(62)70-46(60-48)34-68-44-31-19-8-20-32-44/h3-32,47-48,51-52,55-56H,33-36H2,1-2H3/b49-37-,50-38-/t47-,48-,55-,56-/m1/s1. The van der Waals surface area contributed by atoms with Crippen LogP contribution in [0.25, 0.3) is 0 Å². The molecule has 0 aromatic heterocycles. The Kier molecular flexibility index (Phi) is 15.2. The Morgan fingerprint density at radius 1 is 0.486 bits per heavy atom. The van der Waals surface area contributed by atoms with Crippen molar-refractivity contribution in [2.45, 2.75) is 50.6 Å². The summed E-state index contributed by atoms with van der Waals surface area (Å²) in [5.74, 6) is -0.0958. The number of fused-ring (bicyclic) bond motifs is 2. The van der Waals surface area contributed by atoms with Gasteiger partial charge in [0.2, 0.25) is 24.3 Å². The Hall–Kier alpha value is -8.08. The summed E-state index contributed by atoms with van der Waals surface area (Å²) in [6, 6.07) is 54.3. The molecule has 0 spiro atoms. The predicted molar refractivity (Wildman–Crippen MR) is 282 cm³/mol. The highest BCUT2D eigenvalue weighted by atomic mass is 33.1. The van der Waals surface area contributed by atoms with E-state index in [2.05, 4.69) is 9.98 Å². The number of esters is 2. The van der Waals surface area contributed by atoms with E-state index in [-0.39, 0.29) is 47.9 Å². The molecule has 0 radical (unpaired) electrons. The first-order valence-corrected chi connectivity index (χ1v) is 26.4. The van der Waals surface area contributed by atoms with E-state index in [1.165, 1.54) is 31.4 Å². The van der Waals surface area contributed by atoms with Crippen LogP contribution < -0.4 is 9.47 Å². The lowest BCUT2D eigenvalue weighted by atomic mass is 10.0. The Morgan fingerprint density at radius 3 is 1.09 bits per heavy atom. The Morgan fingerprint density at radius 2 is 0.784 bits per heavy atom.